The quantitative estimate of drug-likeness (QED) is 0.524. The average molecular weight is 411 g/mol. The van der Waals surface area contributed by atoms with E-state index in [2.05, 4.69) is 4.98 Å². The Kier molecular flexibility index (Phi) is 7.25. The minimum absolute atomic E-state index is 0.0224. The lowest BCUT2D eigenvalue weighted by atomic mass is 10.2. The summed E-state index contributed by atoms with van der Waals surface area (Å²) in [5.41, 5.74) is 3.12. The first-order valence-electron chi connectivity index (χ1n) is 9.56. The van der Waals surface area contributed by atoms with Crippen molar-refractivity contribution >= 4 is 17.2 Å². The van der Waals surface area contributed by atoms with Crippen molar-refractivity contribution in [3.05, 3.63) is 75.7 Å². The minimum atomic E-state index is 0.0224. The fourth-order valence-corrected chi connectivity index (χ4v) is 3.40. The molecule has 2 aromatic carbocycles. The zero-order valence-corrected chi connectivity index (χ0v) is 17.9. The van der Waals surface area contributed by atoms with Gasteiger partial charge in [0.2, 0.25) is 5.91 Å². The van der Waals surface area contributed by atoms with Crippen LogP contribution in [-0.4, -0.2) is 36.0 Å². The molecular weight excluding hydrogens is 384 g/mol. The van der Waals surface area contributed by atoms with Crippen LogP contribution < -0.4 is 9.47 Å². The highest BCUT2D eigenvalue weighted by molar-refractivity contribution is 7.09. The Morgan fingerprint density at radius 3 is 2.59 bits per heavy atom. The van der Waals surface area contributed by atoms with E-state index >= 15 is 0 Å². The number of nitrogens with zero attached hydrogens (tertiary/aromatic N) is 2. The maximum atomic E-state index is 12.4. The molecular formula is C23H26N2O3S. The van der Waals surface area contributed by atoms with Crippen molar-refractivity contribution in [2.45, 2.75) is 26.9 Å². The summed E-state index contributed by atoms with van der Waals surface area (Å²) in [4.78, 5) is 18.6. The van der Waals surface area contributed by atoms with Crippen LogP contribution in [0.3, 0.4) is 0 Å². The molecule has 0 aliphatic carbocycles. The Balaban J connectivity index is 1.42. The number of hydrogen-bond donors (Lipinski definition) is 0. The van der Waals surface area contributed by atoms with Gasteiger partial charge in [-0.25, -0.2) is 4.98 Å². The van der Waals surface area contributed by atoms with Crippen molar-refractivity contribution < 1.29 is 14.3 Å². The van der Waals surface area contributed by atoms with E-state index in [1.54, 1.807) is 11.9 Å². The third-order valence-electron chi connectivity index (χ3n) is 4.43. The van der Waals surface area contributed by atoms with Crippen molar-refractivity contribution in [3.63, 3.8) is 0 Å². The minimum Gasteiger partial charge on any atom is -0.492 e. The number of benzene rings is 2. The fourth-order valence-electron chi connectivity index (χ4n) is 2.70. The van der Waals surface area contributed by atoms with Crippen LogP contribution in [-0.2, 0) is 17.8 Å². The predicted octanol–water partition coefficient (Wildman–Crippen LogP) is 4.42. The molecule has 1 amide bonds. The maximum absolute atomic E-state index is 12.4. The number of thiazole rings is 1. The zero-order chi connectivity index (χ0) is 20.6. The molecule has 1 heterocycles. The molecule has 0 fully saturated rings. The normalized spacial score (nSPS) is 10.6. The second kappa shape index (κ2) is 10.1. The lowest BCUT2D eigenvalue weighted by Crippen LogP contribution is -2.32. The molecule has 5 nitrogen and oxygen atoms in total. The van der Waals surface area contributed by atoms with Crippen LogP contribution in [0.4, 0.5) is 0 Å². The van der Waals surface area contributed by atoms with Crippen LogP contribution in [0.5, 0.6) is 11.5 Å². The Hall–Kier alpha value is -2.86. The molecule has 0 N–H and O–H groups in total. The van der Waals surface area contributed by atoms with Gasteiger partial charge < -0.3 is 14.4 Å². The molecule has 3 rings (SSSR count). The maximum Gasteiger partial charge on any atom is 0.228 e. The number of aromatic nitrogens is 1. The molecule has 152 valence electrons. The highest BCUT2D eigenvalue weighted by atomic mass is 32.1. The first-order valence-corrected chi connectivity index (χ1v) is 10.4. The van der Waals surface area contributed by atoms with E-state index in [9.17, 15) is 4.79 Å². The number of likely N-dealkylation sites (N-methyl/N-ethyl adjacent to an activating group) is 1. The fraction of sp³-hybridized carbons (Fsp3) is 0.304. The molecule has 0 radical (unpaired) electrons. The van der Waals surface area contributed by atoms with E-state index in [1.165, 1.54) is 16.9 Å². The number of ether oxygens (including phenoxy) is 2. The lowest BCUT2D eigenvalue weighted by molar-refractivity contribution is -0.129. The van der Waals surface area contributed by atoms with Gasteiger partial charge in [-0.1, -0.05) is 29.8 Å². The van der Waals surface area contributed by atoms with Gasteiger partial charge in [0.15, 0.2) is 0 Å². The number of amides is 1. The van der Waals surface area contributed by atoms with Crippen LogP contribution >= 0.6 is 11.3 Å². The number of carbonyl (C=O) groups is 1. The summed E-state index contributed by atoms with van der Waals surface area (Å²) in [6.07, 6.45) is 0.280. The van der Waals surface area contributed by atoms with E-state index in [4.69, 9.17) is 9.47 Å². The van der Waals surface area contributed by atoms with Crippen LogP contribution in [0.2, 0.25) is 0 Å². The molecule has 0 saturated heterocycles. The van der Waals surface area contributed by atoms with Crippen LogP contribution in [0.25, 0.3) is 0 Å². The van der Waals surface area contributed by atoms with Crippen molar-refractivity contribution in [2.75, 3.05) is 20.2 Å². The Morgan fingerprint density at radius 2 is 1.83 bits per heavy atom. The number of carbonyl (C=O) groups excluding carboxylic acids is 1. The smallest absolute Gasteiger partial charge is 0.228 e. The van der Waals surface area contributed by atoms with Crippen LogP contribution in [0.1, 0.15) is 21.8 Å². The molecule has 0 spiro atoms. The Labute approximate surface area is 175 Å². The molecule has 0 saturated carbocycles. The Bertz CT molecular complexity index is 937. The molecule has 0 bridgehead atoms. The first kappa shape index (κ1) is 20.9. The summed E-state index contributed by atoms with van der Waals surface area (Å²) < 4.78 is 11.5. The monoisotopic (exact) mass is 410 g/mol. The van der Waals surface area contributed by atoms with E-state index < -0.39 is 0 Å². The molecule has 6 heteroatoms. The van der Waals surface area contributed by atoms with Gasteiger partial charge in [0.25, 0.3) is 0 Å². The molecule has 0 atom stereocenters. The number of aryl methyl sites for hydroxylation is 2. The summed E-state index contributed by atoms with van der Waals surface area (Å²) in [6.45, 7) is 5.46. The van der Waals surface area contributed by atoms with Crippen molar-refractivity contribution in [1.82, 2.24) is 9.88 Å². The van der Waals surface area contributed by atoms with Gasteiger partial charge in [-0.2, -0.15) is 0 Å². The molecule has 0 aliphatic heterocycles. The molecule has 1 aromatic heterocycles. The van der Waals surface area contributed by atoms with Gasteiger partial charge in [0.1, 0.15) is 29.7 Å². The zero-order valence-electron chi connectivity index (χ0n) is 17.1. The highest BCUT2D eigenvalue weighted by Crippen LogP contribution is 2.17. The Morgan fingerprint density at radius 1 is 1.03 bits per heavy atom. The standard InChI is InChI=1S/C23H26N2O3S/c1-17-7-9-20(10-8-17)28-15-22-24-19(16-29-22)14-23(26)25(3)11-12-27-21-6-4-5-18(2)13-21/h4-10,13,16H,11-12,14-15H2,1-3H3. The highest BCUT2D eigenvalue weighted by Gasteiger charge is 2.13. The van der Waals surface area contributed by atoms with E-state index in [0.29, 0.717) is 19.8 Å². The van der Waals surface area contributed by atoms with Crippen molar-refractivity contribution in [2.24, 2.45) is 0 Å². The van der Waals surface area contributed by atoms with E-state index in [1.807, 2.05) is 67.8 Å². The number of rotatable bonds is 9. The average Bonchev–Trinajstić information content (AvgIpc) is 3.15. The molecule has 0 aliphatic rings. The predicted molar refractivity (Wildman–Crippen MR) is 116 cm³/mol. The molecule has 29 heavy (non-hydrogen) atoms. The summed E-state index contributed by atoms with van der Waals surface area (Å²) in [5.74, 6) is 1.66. The summed E-state index contributed by atoms with van der Waals surface area (Å²) in [5, 5.41) is 2.78. The summed E-state index contributed by atoms with van der Waals surface area (Å²) in [6, 6.07) is 15.8. The number of hydrogen-bond acceptors (Lipinski definition) is 5. The first-order chi connectivity index (χ1) is 14.0. The van der Waals surface area contributed by atoms with Gasteiger partial charge in [-0.15, -0.1) is 11.3 Å². The van der Waals surface area contributed by atoms with Gasteiger partial charge in [0.05, 0.1) is 18.7 Å². The second-order valence-electron chi connectivity index (χ2n) is 6.99. The third-order valence-corrected chi connectivity index (χ3v) is 5.30. The largest absolute Gasteiger partial charge is 0.492 e. The van der Waals surface area contributed by atoms with Gasteiger partial charge in [-0.05, 0) is 43.7 Å². The van der Waals surface area contributed by atoms with Crippen molar-refractivity contribution in [1.29, 1.82) is 0 Å². The van der Waals surface area contributed by atoms with E-state index in [-0.39, 0.29) is 12.3 Å². The molecule has 3 aromatic rings. The van der Waals surface area contributed by atoms with Gasteiger partial charge in [0, 0.05) is 12.4 Å². The van der Waals surface area contributed by atoms with E-state index in [0.717, 1.165) is 27.8 Å². The molecule has 0 unspecified atom stereocenters. The summed E-state index contributed by atoms with van der Waals surface area (Å²) >= 11 is 1.51. The van der Waals surface area contributed by atoms with Gasteiger partial charge >= 0.3 is 0 Å². The summed E-state index contributed by atoms with van der Waals surface area (Å²) in [7, 11) is 1.79. The third kappa shape index (κ3) is 6.61. The topological polar surface area (TPSA) is 51.7 Å². The SMILES string of the molecule is Cc1ccc(OCc2nc(CC(=O)N(C)CCOc3cccc(C)c3)cs2)cc1. The second-order valence-corrected chi connectivity index (χ2v) is 7.93. The lowest BCUT2D eigenvalue weighted by Gasteiger charge is -2.17. The van der Waals surface area contributed by atoms with Crippen LogP contribution in [0.15, 0.2) is 53.9 Å². The van der Waals surface area contributed by atoms with Crippen LogP contribution in [0, 0.1) is 13.8 Å². The van der Waals surface area contributed by atoms with Gasteiger partial charge in [-0.3, -0.25) is 4.79 Å². The van der Waals surface area contributed by atoms with Crippen molar-refractivity contribution in [3.8, 4) is 11.5 Å².